The Hall–Kier alpha value is -1.84. The first-order valence-corrected chi connectivity index (χ1v) is 11.7. The highest BCUT2D eigenvalue weighted by Crippen LogP contribution is 2.31. The van der Waals surface area contributed by atoms with Gasteiger partial charge in [0.15, 0.2) is 6.29 Å². The summed E-state index contributed by atoms with van der Waals surface area (Å²) in [5.41, 5.74) is 3.83. The second kappa shape index (κ2) is 11.2. The number of benzene rings is 2. The molecule has 0 saturated carbocycles. The zero-order valence-electron chi connectivity index (χ0n) is 21.1. The van der Waals surface area contributed by atoms with Crippen LogP contribution < -0.4 is 4.74 Å². The normalized spacial score (nSPS) is 14.3. The summed E-state index contributed by atoms with van der Waals surface area (Å²) in [5, 5.41) is 0. The number of hydrogen-bond acceptors (Lipinski definition) is 3. The lowest BCUT2D eigenvalue weighted by Crippen LogP contribution is -2.46. The molecule has 31 heavy (non-hydrogen) atoms. The van der Waals surface area contributed by atoms with E-state index in [0.29, 0.717) is 11.8 Å². The van der Waals surface area contributed by atoms with Crippen LogP contribution in [0.15, 0.2) is 48.5 Å². The van der Waals surface area contributed by atoms with Crippen molar-refractivity contribution in [2.24, 2.45) is 11.8 Å². The Morgan fingerprint density at radius 1 is 0.806 bits per heavy atom. The molecule has 0 heterocycles. The third-order valence-electron chi connectivity index (χ3n) is 6.06. The summed E-state index contributed by atoms with van der Waals surface area (Å²) in [6.45, 7) is 17.6. The van der Waals surface area contributed by atoms with Crippen LogP contribution in [-0.2, 0) is 23.1 Å². The van der Waals surface area contributed by atoms with Gasteiger partial charge in [-0.3, -0.25) is 4.90 Å². The SMILES string of the molecule is CC(C)Cc1cccc(OC(C)OC(C)N(C)C(C)(C)c2ccccc2)c1CC(C)C. The van der Waals surface area contributed by atoms with Gasteiger partial charge in [-0.15, -0.1) is 0 Å². The highest BCUT2D eigenvalue weighted by Gasteiger charge is 2.30. The van der Waals surface area contributed by atoms with Crippen molar-refractivity contribution >= 4 is 0 Å². The molecule has 2 aromatic carbocycles. The van der Waals surface area contributed by atoms with E-state index in [2.05, 4.69) is 109 Å². The summed E-state index contributed by atoms with van der Waals surface area (Å²) < 4.78 is 12.7. The summed E-state index contributed by atoms with van der Waals surface area (Å²) in [5.74, 6) is 2.14. The largest absolute Gasteiger partial charge is 0.465 e. The summed E-state index contributed by atoms with van der Waals surface area (Å²) in [7, 11) is 2.11. The van der Waals surface area contributed by atoms with Gasteiger partial charge in [-0.05, 0) is 82.2 Å². The van der Waals surface area contributed by atoms with Crippen LogP contribution in [0.1, 0.15) is 72.1 Å². The molecular weight excluding hydrogens is 382 g/mol. The third-order valence-corrected chi connectivity index (χ3v) is 6.06. The van der Waals surface area contributed by atoms with Crippen molar-refractivity contribution in [2.45, 2.75) is 86.3 Å². The molecule has 2 atom stereocenters. The van der Waals surface area contributed by atoms with Crippen molar-refractivity contribution in [3.8, 4) is 5.75 Å². The Morgan fingerprint density at radius 2 is 1.42 bits per heavy atom. The molecule has 0 bridgehead atoms. The van der Waals surface area contributed by atoms with Gasteiger partial charge in [0.2, 0.25) is 0 Å². The molecule has 172 valence electrons. The van der Waals surface area contributed by atoms with Gasteiger partial charge < -0.3 is 9.47 Å². The van der Waals surface area contributed by atoms with Crippen molar-refractivity contribution in [3.05, 3.63) is 65.2 Å². The van der Waals surface area contributed by atoms with E-state index in [1.165, 1.54) is 16.7 Å². The van der Waals surface area contributed by atoms with Gasteiger partial charge in [0.1, 0.15) is 12.0 Å². The smallest absolute Gasteiger partial charge is 0.198 e. The fourth-order valence-corrected chi connectivity index (χ4v) is 4.07. The fourth-order valence-electron chi connectivity index (χ4n) is 4.07. The first-order chi connectivity index (χ1) is 14.5. The molecule has 3 nitrogen and oxygen atoms in total. The molecule has 2 aromatic rings. The average molecular weight is 426 g/mol. The summed E-state index contributed by atoms with van der Waals surface area (Å²) in [6.07, 6.45) is 1.64. The Bertz CT molecular complexity index is 798. The minimum absolute atomic E-state index is 0.0994. The Kier molecular flexibility index (Phi) is 9.14. The van der Waals surface area contributed by atoms with E-state index in [1.54, 1.807) is 0 Å². The van der Waals surface area contributed by atoms with E-state index >= 15 is 0 Å². The van der Waals surface area contributed by atoms with Crippen LogP contribution in [0, 0.1) is 11.8 Å². The predicted octanol–water partition coefficient (Wildman–Crippen LogP) is 7.04. The van der Waals surface area contributed by atoms with E-state index in [-0.39, 0.29) is 18.1 Å². The molecule has 0 aliphatic rings. The third kappa shape index (κ3) is 7.08. The van der Waals surface area contributed by atoms with Crippen LogP contribution >= 0.6 is 0 Å². The molecule has 0 aliphatic carbocycles. The second-order valence-corrected chi connectivity index (χ2v) is 10.0. The molecule has 0 amide bonds. The standard InChI is InChI=1S/C28H43NO2/c1-20(2)18-24-14-13-17-27(26(24)19-21(3)4)31-23(6)30-22(5)29(9)28(7,8)25-15-11-10-12-16-25/h10-17,20-23H,18-19H2,1-9H3. The maximum atomic E-state index is 6.36. The van der Waals surface area contributed by atoms with Crippen molar-refractivity contribution in [1.82, 2.24) is 4.90 Å². The van der Waals surface area contributed by atoms with Gasteiger partial charge in [-0.1, -0.05) is 70.2 Å². The lowest BCUT2D eigenvalue weighted by Gasteiger charge is -2.40. The number of hydrogen-bond donors (Lipinski definition) is 0. The van der Waals surface area contributed by atoms with Crippen molar-refractivity contribution in [3.63, 3.8) is 0 Å². The molecule has 2 rings (SSSR count). The van der Waals surface area contributed by atoms with Crippen LogP contribution in [-0.4, -0.2) is 24.5 Å². The Balaban J connectivity index is 2.13. The molecule has 0 spiro atoms. The number of rotatable bonds is 11. The predicted molar refractivity (Wildman–Crippen MR) is 131 cm³/mol. The maximum Gasteiger partial charge on any atom is 0.198 e. The molecule has 3 heteroatoms. The van der Waals surface area contributed by atoms with Crippen molar-refractivity contribution < 1.29 is 9.47 Å². The monoisotopic (exact) mass is 425 g/mol. The second-order valence-electron chi connectivity index (χ2n) is 10.0. The molecule has 0 N–H and O–H groups in total. The summed E-state index contributed by atoms with van der Waals surface area (Å²) >= 11 is 0. The van der Waals surface area contributed by atoms with E-state index < -0.39 is 0 Å². The van der Waals surface area contributed by atoms with E-state index in [4.69, 9.17) is 9.47 Å². The van der Waals surface area contributed by atoms with E-state index in [9.17, 15) is 0 Å². The molecular formula is C28H43NO2. The van der Waals surface area contributed by atoms with Gasteiger partial charge in [0.25, 0.3) is 0 Å². The molecule has 0 radical (unpaired) electrons. The molecule has 0 fully saturated rings. The zero-order valence-corrected chi connectivity index (χ0v) is 21.1. The zero-order chi connectivity index (χ0) is 23.2. The Labute approximate surface area is 190 Å². The van der Waals surface area contributed by atoms with Crippen LogP contribution in [0.2, 0.25) is 0 Å². The fraction of sp³-hybridized carbons (Fsp3) is 0.571. The minimum Gasteiger partial charge on any atom is -0.465 e. The summed E-state index contributed by atoms with van der Waals surface area (Å²) in [6, 6.07) is 17.0. The quantitative estimate of drug-likeness (QED) is 0.360. The number of nitrogens with zero attached hydrogens (tertiary/aromatic N) is 1. The molecule has 0 aromatic heterocycles. The van der Waals surface area contributed by atoms with Gasteiger partial charge in [-0.25, -0.2) is 0 Å². The lowest BCUT2D eigenvalue weighted by atomic mass is 9.92. The topological polar surface area (TPSA) is 21.7 Å². The van der Waals surface area contributed by atoms with Crippen LogP contribution in [0.5, 0.6) is 5.75 Å². The van der Waals surface area contributed by atoms with E-state index in [1.807, 2.05) is 6.92 Å². The lowest BCUT2D eigenvalue weighted by molar-refractivity contribution is -0.168. The van der Waals surface area contributed by atoms with Crippen molar-refractivity contribution in [2.75, 3.05) is 7.05 Å². The van der Waals surface area contributed by atoms with Crippen molar-refractivity contribution in [1.29, 1.82) is 0 Å². The number of ether oxygens (including phenoxy) is 2. The van der Waals surface area contributed by atoms with Gasteiger partial charge in [0, 0.05) is 5.54 Å². The molecule has 0 saturated heterocycles. The van der Waals surface area contributed by atoms with E-state index in [0.717, 1.165) is 18.6 Å². The molecule has 2 unspecified atom stereocenters. The average Bonchev–Trinajstić information content (AvgIpc) is 2.69. The van der Waals surface area contributed by atoms with Gasteiger partial charge >= 0.3 is 0 Å². The maximum absolute atomic E-state index is 6.36. The highest BCUT2D eigenvalue weighted by molar-refractivity contribution is 5.41. The summed E-state index contributed by atoms with van der Waals surface area (Å²) in [4.78, 5) is 2.26. The molecule has 0 aliphatic heterocycles. The minimum atomic E-state index is -0.343. The van der Waals surface area contributed by atoms with Gasteiger partial charge in [-0.2, -0.15) is 0 Å². The van der Waals surface area contributed by atoms with Crippen LogP contribution in [0.3, 0.4) is 0 Å². The Morgan fingerprint density at radius 3 is 2.00 bits per heavy atom. The first kappa shape index (κ1) is 25.4. The van der Waals surface area contributed by atoms with Crippen LogP contribution in [0.4, 0.5) is 0 Å². The highest BCUT2D eigenvalue weighted by atomic mass is 16.7. The van der Waals surface area contributed by atoms with Gasteiger partial charge in [0.05, 0.1) is 0 Å². The van der Waals surface area contributed by atoms with Crippen LogP contribution in [0.25, 0.3) is 0 Å². The first-order valence-electron chi connectivity index (χ1n) is 11.7.